The highest BCUT2D eigenvalue weighted by atomic mass is 32.1. The number of halogens is 1. The van der Waals surface area contributed by atoms with Crippen molar-refractivity contribution in [2.45, 2.75) is 39.2 Å². The van der Waals surface area contributed by atoms with Crippen molar-refractivity contribution in [1.82, 2.24) is 4.90 Å². The summed E-state index contributed by atoms with van der Waals surface area (Å²) in [5, 5.41) is 3.77. The van der Waals surface area contributed by atoms with E-state index in [1.165, 1.54) is 29.7 Å². The van der Waals surface area contributed by atoms with E-state index in [-0.39, 0.29) is 35.4 Å². The van der Waals surface area contributed by atoms with Crippen LogP contribution in [0.3, 0.4) is 0 Å². The number of anilines is 1. The summed E-state index contributed by atoms with van der Waals surface area (Å²) in [6, 6.07) is 11.7. The number of furan rings is 1. The summed E-state index contributed by atoms with van der Waals surface area (Å²) < 4.78 is 24.2. The van der Waals surface area contributed by atoms with E-state index in [1.807, 2.05) is 6.92 Å². The lowest BCUT2D eigenvalue weighted by Gasteiger charge is -2.37. The highest BCUT2D eigenvalue weighted by Gasteiger charge is 2.33. The van der Waals surface area contributed by atoms with Gasteiger partial charge in [0.15, 0.2) is 5.76 Å². The van der Waals surface area contributed by atoms with Gasteiger partial charge in [-0.05, 0) is 75.2 Å². The minimum absolute atomic E-state index is 0.114. The Labute approximate surface area is 202 Å². The van der Waals surface area contributed by atoms with Gasteiger partial charge < -0.3 is 14.5 Å². The second kappa shape index (κ2) is 11.0. The molecule has 1 atom stereocenters. The predicted molar refractivity (Wildman–Crippen MR) is 130 cm³/mol. The molecule has 1 aliphatic heterocycles. The number of rotatable bonds is 8. The summed E-state index contributed by atoms with van der Waals surface area (Å²) >= 11 is 1.54. The summed E-state index contributed by atoms with van der Waals surface area (Å²) in [5.74, 6) is -0.623. The molecule has 1 fully saturated rings. The van der Waals surface area contributed by atoms with Gasteiger partial charge in [0, 0.05) is 10.4 Å². The van der Waals surface area contributed by atoms with E-state index in [0.717, 1.165) is 27.4 Å². The van der Waals surface area contributed by atoms with Crippen LogP contribution in [0.2, 0.25) is 0 Å². The van der Waals surface area contributed by atoms with E-state index < -0.39 is 0 Å². The topological polar surface area (TPSA) is 71.8 Å². The third-order valence-corrected chi connectivity index (χ3v) is 7.34. The summed E-state index contributed by atoms with van der Waals surface area (Å²) in [6.07, 6.45) is 3.68. The van der Waals surface area contributed by atoms with Gasteiger partial charge in [-0.2, -0.15) is 0 Å². The van der Waals surface area contributed by atoms with Gasteiger partial charge >= 0.3 is 5.97 Å². The first-order valence-electron chi connectivity index (χ1n) is 11.6. The Balaban J connectivity index is 1.66. The molecule has 0 bridgehead atoms. The minimum Gasteiger partial charge on any atom is -0.466 e. The van der Waals surface area contributed by atoms with Crippen LogP contribution in [0.5, 0.6) is 0 Å². The van der Waals surface area contributed by atoms with Crippen LogP contribution in [0, 0.1) is 11.7 Å². The molecule has 180 valence electrons. The number of hydrogen-bond acceptors (Lipinski definition) is 6. The van der Waals surface area contributed by atoms with Crippen LogP contribution >= 0.6 is 11.3 Å². The van der Waals surface area contributed by atoms with E-state index in [0.29, 0.717) is 32.5 Å². The minimum atomic E-state index is -0.311. The normalized spacial score (nSPS) is 15.7. The van der Waals surface area contributed by atoms with Gasteiger partial charge in [0.25, 0.3) is 5.91 Å². The van der Waals surface area contributed by atoms with Crippen molar-refractivity contribution in [2.24, 2.45) is 5.92 Å². The van der Waals surface area contributed by atoms with Crippen molar-refractivity contribution in [3.8, 4) is 0 Å². The van der Waals surface area contributed by atoms with Crippen LogP contribution < -0.4 is 5.32 Å². The van der Waals surface area contributed by atoms with Crippen molar-refractivity contribution in [1.29, 1.82) is 0 Å². The van der Waals surface area contributed by atoms with Crippen LogP contribution in [-0.2, 0) is 16.0 Å². The smallest absolute Gasteiger partial charge is 0.309 e. The Bertz CT molecular complexity index is 1100. The van der Waals surface area contributed by atoms with Crippen molar-refractivity contribution in [2.75, 3.05) is 25.0 Å². The molecule has 6 nitrogen and oxygen atoms in total. The molecule has 0 spiro atoms. The molecule has 1 aromatic carbocycles. The van der Waals surface area contributed by atoms with Crippen molar-refractivity contribution >= 4 is 28.2 Å². The highest BCUT2D eigenvalue weighted by Crippen LogP contribution is 2.41. The van der Waals surface area contributed by atoms with Gasteiger partial charge in [-0.15, -0.1) is 11.3 Å². The third kappa shape index (κ3) is 5.39. The zero-order chi connectivity index (χ0) is 24.1. The zero-order valence-corrected chi connectivity index (χ0v) is 20.2. The lowest BCUT2D eigenvalue weighted by atomic mass is 9.91. The van der Waals surface area contributed by atoms with Crippen LogP contribution in [0.4, 0.5) is 9.39 Å². The standard InChI is InChI=1S/C26H29FN2O4S/c1-3-20-16-21(25(34-20)28-24(30)22-6-5-15-33-22)23(17-7-9-19(27)10-8-17)29-13-11-18(12-14-29)26(31)32-4-2/h5-10,15-16,18,23H,3-4,11-14H2,1-2H3,(H,28,30). The predicted octanol–water partition coefficient (Wildman–Crippen LogP) is 5.66. The van der Waals surface area contributed by atoms with Crippen molar-refractivity contribution < 1.29 is 23.1 Å². The van der Waals surface area contributed by atoms with Gasteiger partial charge in [-0.1, -0.05) is 19.1 Å². The maximum atomic E-state index is 13.7. The second-order valence-electron chi connectivity index (χ2n) is 8.30. The Hall–Kier alpha value is -2.97. The molecule has 1 aliphatic rings. The first kappa shape index (κ1) is 24.2. The zero-order valence-electron chi connectivity index (χ0n) is 19.4. The average Bonchev–Trinajstić information content (AvgIpc) is 3.52. The third-order valence-electron chi connectivity index (χ3n) is 6.13. The second-order valence-corrected chi connectivity index (χ2v) is 9.44. The summed E-state index contributed by atoms with van der Waals surface area (Å²) in [5.41, 5.74) is 1.90. The average molecular weight is 485 g/mol. The van der Waals surface area contributed by atoms with Gasteiger partial charge in [0.1, 0.15) is 10.8 Å². The van der Waals surface area contributed by atoms with Gasteiger partial charge in [0.05, 0.1) is 24.8 Å². The molecule has 3 heterocycles. The highest BCUT2D eigenvalue weighted by molar-refractivity contribution is 7.16. The largest absolute Gasteiger partial charge is 0.466 e. The number of ether oxygens (including phenoxy) is 1. The Morgan fingerprint density at radius 2 is 1.94 bits per heavy atom. The number of esters is 1. The Kier molecular flexibility index (Phi) is 7.80. The molecular formula is C26H29FN2O4S. The van der Waals surface area contributed by atoms with Crippen LogP contribution in [-0.4, -0.2) is 36.5 Å². The molecule has 0 saturated carbocycles. The lowest BCUT2D eigenvalue weighted by Crippen LogP contribution is -2.39. The monoisotopic (exact) mass is 484 g/mol. The Morgan fingerprint density at radius 3 is 2.56 bits per heavy atom. The number of piperidine rings is 1. The SMILES string of the molecule is CCOC(=O)C1CCN(C(c2ccc(F)cc2)c2cc(CC)sc2NC(=O)c2ccco2)CC1. The lowest BCUT2D eigenvalue weighted by molar-refractivity contribution is -0.149. The molecule has 2 aromatic heterocycles. The van der Waals surface area contributed by atoms with Crippen LogP contribution in [0.25, 0.3) is 0 Å². The molecule has 3 aromatic rings. The molecule has 0 aliphatic carbocycles. The molecular weight excluding hydrogens is 455 g/mol. The van der Waals surface area contributed by atoms with Crippen LogP contribution in [0.15, 0.2) is 53.1 Å². The van der Waals surface area contributed by atoms with E-state index in [4.69, 9.17) is 9.15 Å². The van der Waals surface area contributed by atoms with E-state index >= 15 is 0 Å². The molecule has 1 unspecified atom stereocenters. The van der Waals surface area contributed by atoms with E-state index in [1.54, 1.807) is 24.3 Å². The van der Waals surface area contributed by atoms with Gasteiger partial charge in [-0.25, -0.2) is 4.39 Å². The fourth-order valence-electron chi connectivity index (χ4n) is 4.39. The quantitative estimate of drug-likeness (QED) is 0.418. The number of aryl methyl sites for hydroxylation is 1. The first-order chi connectivity index (χ1) is 16.5. The molecule has 34 heavy (non-hydrogen) atoms. The number of hydrogen-bond donors (Lipinski definition) is 1. The number of likely N-dealkylation sites (tertiary alicyclic amines) is 1. The van der Waals surface area contributed by atoms with Gasteiger partial charge in [0.2, 0.25) is 0 Å². The number of thiophene rings is 1. The first-order valence-corrected chi connectivity index (χ1v) is 12.4. The summed E-state index contributed by atoms with van der Waals surface area (Å²) in [7, 11) is 0. The number of amides is 1. The van der Waals surface area contributed by atoms with Crippen molar-refractivity contribution in [3.63, 3.8) is 0 Å². The molecule has 1 saturated heterocycles. The maximum absolute atomic E-state index is 13.7. The molecule has 0 radical (unpaired) electrons. The fourth-order valence-corrected chi connectivity index (χ4v) is 5.42. The summed E-state index contributed by atoms with van der Waals surface area (Å²) in [4.78, 5) is 28.5. The molecule has 8 heteroatoms. The number of carbonyl (C=O) groups is 2. The number of carbonyl (C=O) groups excluding carboxylic acids is 2. The molecule has 4 rings (SSSR count). The molecule has 1 amide bonds. The van der Waals surface area contributed by atoms with E-state index in [9.17, 15) is 14.0 Å². The summed E-state index contributed by atoms with van der Waals surface area (Å²) in [6.45, 7) is 5.65. The number of nitrogens with zero attached hydrogens (tertiary/aromatic N) is 1. The van der Waals surface area contributed by atoms with E-state index in [2.05, 4.69) is 23.2 Å². The van der Waals surface area contributed by atoms with Crippen LogP contribution in [0.1, 0.15) is 59.3 Å². The Morgan fingerprint density at radius 1 is 1.21 bits per heavy atom. The fraction of sp³-hybridized carbons (Fsp3) is 0.385. The number of nitrogens with one attached hydrogen (secondary N) is 1. The molecule has 1 N–H and O–H groups in total. The number of benzene rings is 1. The maximum Gasteiger partial charge on any atom is 0.309 e. The van der Waals surface area contributed by atoms with Crippen molar-refractivity contribution in [3.05, 3.63) is 76.3 Å². The van der Waals surface area contributed by atoms with Gasteiger partial charge in [-0.3, -0.25) is 14.5 Å².